The summed E-state index contributed by atoms with van der Waals surface area (Å²) in [4.78, 5) is 56.6. The highest BCUT2D eigenvalue weighted by atomic mass is 19.1. The quantitative estimate of drug-likeness (QED) is 0.329. The van der Waals surface area contributed by atoms with Crippen LogP contribution in [-0.2, 0) is 18.9 Å². The van der Waals surface area contributed by atoms with E-state index >= 15 is 4.39 Å². The number of pyridine rings is 1. The summed E-state index contributed by atoms with van der Waals surface area (Å²) in [5.41, 5.74) is 1.53. The molecule has 2 saturated heterocycles. The number of aromatic nitrogens is 3. The number of nitrogens with zero attached hydrogens (tertiary/aromatic N) is 4. The number of nitrogens with one attached hydrogen (secondary N) is 2. The van der Waals surface area contributed by atoms with Gasteiger partial charge in [0.15, 0.2) is 0 Å². The number of benzene rings is 2. The van der Waals surface area contributed by atoms with E-state index in [4.69, 9.17) is 14.5 Å². The number of anilines is 1. The second-order valence-corrected chi connectivity index (χ2v) is 12.4. The molecule has 2 fully saturated rings. The van der Waals surface area contributed by atoms with Crippen LogP contribution in [0, 0.1) is 12.7 Å². The van der Waals surface area contributed by atoms with Crippen molar-refractivity contribution >= 4 is 17.5 Å². The molecule has 0 radical (unpaired) electrons. The topological polar surface area (TPSA) is 137 Å². The van der Waals surface area contributed by atoms with Crippen LogP contribution in [0.4, 0.5) is 10.1 Å². The zero-order valence-corrected chi connectivity index (χ0v) is 26.3. The van der Waals surface area contributed by atoms with E-state index in [0.717, 1.165) is 21.1 Å². The molecule has 3 aliphatic heterocycles. The van der Waals surface area contributed by atoms with Crippen LogP contribution in [-0.4, -0.2) is 63.2 Å². The number of amides is 2. The summed E-state index contributed by atoms with van der Waals surface area (Å²) in [6.07, 6.45) is 2.55. The normalized spacial score (nSPS) is 18.0. The van der Waals surface area contributed by atoms with Crippen LogP contribution in [0.3, 0.4) is 0 Å². The predicted octanol–water partition coefficient (Wildman–Crippen LogP) is 2.92. The van der Waals surface area contributed by atoms with E-state index in [0.29, 0.717) is 65.8 Å². The van der Waals surface area contributed by atoms with Gasteiger partial charge < -0.3 is 24.7 Å². The molecule has 2 N–H and O–H groups in total. The Bertz CT molecular complexity index is 2100. The first-order valence-corrected chi connectivity index (χ1v) is 15.2. The highest BCUT2D eigenvalue weighted by molar-refractivity contribution is 6.04. The van der Waals surface area contributed by atoms with Crippen molar-refractivity contribution in [1.29, 1.82) is 0 Å². The van der Waals surface area contributed by atoms with E-state index in [-0.39, 0.29) is 28.6 Å². The first-order chi connectivity index (χ1) is 22.5. The Morgan fingerprint density at radius 3 is 2.55 bits per heavy atom. The number of halogens is 1. The predicted molar refractivity (Wildman–Crippen MR) is 171 cm³/mol. The SMILES string of the molecule is COc1nc(-c2cccc(-c3cccc(NC(=O)c4cn(C)c(=O)n(C)c4=O)c3C)c2F)cc2c1[C@@H](N1CC3(CCC(=O)N3)C1)CO2. The summed E-state index contributed by atoms with van der Waals surface area (Å²) < 4.78 is 30.2. The lowest BCUT2D eigenvalue weighted by molar-refractivity contribution is -0.121. The van der Waals surface area contributed by atoms with Crippen LogP contribution >= 0.6 is 0 Å². The lowest BCUT2D eigenvalue weighted by Crippen LogP contribution is -2.67. The number of ether oxygens (including phenoxy) is 2. The molecule has 3 aliphatic rings. The first-order valence-electron chi connectivity index (χ1n) is 15.2. The van der Waals surface area contributed by atoms with Gasteiger partial charge in [-0.05, 0) is 36.6 Å². The number of hydrogen-bond acceptors (Lipinski definition) is 8. The molecular formula is C34H33FN6O6. The number of aryl methyl sites for hydroxylation is 1. The molecule has 12 nitrogen and oxygen atoms in total. The summed E-state index contributed by atoms with van der Waals surface area (Å²) >= 11 is 0. The number of fused-ring (bicyclic) bond motifs is 1. The fourth-order valence-corrected chi connectivity index (χ4v) is 6.89. The molecule has 0 aliphatic carbocycles. The van der Waals surface area contributed by atoms with Crippen molar-refractivity contribution in [3.63, 3.8) is 0 Å². The average Bonchev–Trinajstić information content (AvgIpc) is 3.65. The van der Waals surface area contributed by atoms with Crippen molar-refractivity contribution in [1.82, 2.24) is 24.3 Å². The van der Waals surface area contributed by atoms with Gasteiger partial charge in [0.2, 0.25) is 11.8 Å². The average molecular weight is 641 g/mol. The van der Waals surface area contributed by atoms with Crippen molar-refractivity contribution < 1.29 is 23.5 Å². The molecular weight excluding hydrogens is 607 g/mol. The van der Waals surface area contributed by atoms with E-state index < -0.39 is 23.0 Å². The van der Waals surface area contributed by atoms with Gasteiger partial charge in [-0.25, -0.2) is 14.2 Å². The van der Waals surface area contributed by atoms with Crippen molar-refractivity contribution in [2.45, 2.75) is 31.3 Å². The molecule has 5 heterocycles. The maximum absolute atomic E-state index is 16.4. The molecule has 4 aromatic rings. The van der Waals surface area contributed by atoms with Crippen LogP contribution < -0.4 is 31.4 Å². The molecule has 2 amide bonds. The smallest absolute Gasteiger partial charge is 0.330 e. The zero-order chi connectivity index (χ0) is 33.2. The molecule has 2 aromatic heterocycles. The molecule has 1 atom stereocenters. The van der Waals surface area contributed by atoms with Gasteiger partial charge in [0.05, 0.1) is 29.9 Å². The summed E-state index contributed by atoms with van der Waals surface area (Å²) in [6.45, 7) is 3.58. The molecule has 0 bridgehead atoms. The third kappa shape index (κ3) is 4.97. The third-order valence-electron chi connectivity index (χ3n) is 9.43. The van der Waals surface area contributed by atoms with Gasteiger partial charge in [0.1, 0.15) is 23.7 Å². The standard InChI is InChI=1S/C34H33FN6O6/c1-18-19(7-6-10-23(18)36-30(43)22-14-39(2)33(45)40(3)32(22)44)20-8-5-9-21(29(20)35)24-13-26-28(31(37-24)46-4)25(15-47-26)41-16-34(17-41)12-11-27(42)38-34/h5-10,13-14,25H,11-12,15-17H2,1-4H3,(H,36,43)(H,38,42)/t25-/m0/s1. The Morgan fingerprint density at radius 2 is 1.83 bits per heavy atom. The molecule has 47 heavy (non-hydrogen) atoms. The second kappa shape index (κ2) is 11.2. The molecule has 0 saturated carbocycles. The van der Waals surface area contributed by atoms with Gasteiger partial charge in [0, 0.05) is 62.7 Å². The molecule has 2 aromatic carbocycles. The monoisotopic (exact) mass is 640 g/mol. The van der Waals surface area contributed by atoms with E-state index in [1.165, 1.54) is 27.4 Å². The molecule has 13 heteroatoms. The van der Waals surface area contributed by atoms with Crippen molar-refractivity contribution in [2.24, 2.45) is 14.1 Å². The van der Waals surface area contributed by atoms with Crippen LogP contribution in [0.25, 0.3) is 22.4 Å². The maximum atomic E-state index is 16.4. The summed E-state index contributed by atoms with van der Waals surface area (Å²) in [5, 5.41) is 5.85. The fourth-order valence-electron chi connectivity index (χ4n) is 6.89. The largest absolute Gasteiger partial charge is 0.491 e. The van der Waals surface area contributed by atoms with Crippen LogP contribution in [0.2, 0.25) is 0 Å². The Labute approximate surface area is 268 Å². The van der Waals surface area contributed by atoms with Gasteiger partial charge in [-0.15, -0.1) is 0 Å². The molecule has 0 unspecified atom stereocenters. The van der Waals surface area contributed by atoms with Crippen molar-refractivity contribution in [2.75, 3.05) is 32.1 Å². The lowest BCUT2D eigenvalue weighted by atomic mass is 9.86. The van der Waals surface area contributed by atoms with Crippen molar-refractivity contribution in [3.05, 3.63) is 92.0 Å². The summed E-state index contributed by atoms with van der Waals surface area (Å²) in [5.74, 6) is -0.197. The van der Waals surface area contributed by atoms with Crippen LogP contribution in [0.1, 0.15) is 40.4 Å². The maximum Gasteiger partial charge on any atom is 0.330 e. The second-order valence-electron chi connectivity index (χ2n) is 12.4. The van der Waals surface area contributed by atoms with Crippen LogP contribution in [0.5, 0.6) is 11.6 Å². The fraction of sp³-hybridized carbons (Fsp3) is 0.324. The van der Waals surface area contributed by atoms with Crippen molar-refractivity contribution in [3.8, 4) is 34.0 Å². The van der Waals surface area contributed by atoms with E-state index in [1.54, 1.807) is 49.4 Å². The van der Waals surface area contributed by atoms with E-state index in [9.17, 15) is 19.2 Å². The van der Waals surface area contributed by atoms with Gasteiger partial charge in [-0.2, -0.15) is 0 Å². The molecule has 7 rings (SSSR count). The van der Waals surface area contributed by atoms with Gasteiger partial charge in [-0.3, -0.25) is 23.9 Å². The highest BCUT2D eigenvalue weighted by Crippen LogP contribution is 2.47. The number of hydrogen-bond donors (Lipinski definition) is 2. The van der Waals surface area contributed by atoms with Gasteiger partial charge >= 0.3 is 5.69 Å². The van der Waals surface area contributed by atoms with E-state index in [2.05, 4.69) is 15.5 Å². The Morgan fingerprint density at radius 1 is 1.11 bits per heavy atom. The molecule has 242 valence electrons. The highest BCUT2D eigenvalue weighted by Gasteiger charge is 2.51. The van der Waals surface area contributed by atoms with E-state index in [1.807, 2.05) is 0 Å². The van der Waals surface area contributed by atoms with Gasteiger partial charge in [-0.1, -0.05) is 24.3 Å². The minimum absolute atomic E-state index is 0.0842. The summed E-state index contributed by atoms with van der Waals surface area (Å²) in [7, 11) is 4.28. The number of likely N-dealkylation sites (tertiary alicyclic amines) is 1. The lowest BCUT2D eigenvalue weighted by Gasteiger charge is -2.50. The third-order valence-corrected chi connectivity index (χ3v) is 9.43. The Hall–Kier alpha value is -5.30. The number of methoxy groups -OCH3 is 1. The minimum atomic E-state index is -0.721. The number of carbonyl (C=O) groups excluding carboxylic acids is 2. The van der Waals surface area contributed by atoms with Crippen LogP contribution in [0.15, 0.2) is 58.3 Å². The Balaban J connectivity index is 1.18. The zero-order valence-electron chi connectivity index (χ0n) is 26.3. The first kappa shape index (κ1) is 30.4. The Kier molecular flexibility index (Phi) is 7.23. The number of rotatable bonds is 6. The van der Waals surface area contributed by atoms with Gasteiger partial charge in [0.25, 0.3) is 11.5 Å². The summed E-state index contributed by atoms with van der Waals surface area (Å²) in [6, 6.07) is 11.7. The minimum Gasteiger partial charge on any atom is -0.491 e. The molecule has 1 spiro atoms. The number of carbonyl (C=O) groups is 2.